The second-order valence-corrected chi connectivity index (χ2v) is 7.06. The molecule has 0 radical (unpaired) electrons. The molecule has 152 valence electrons. The molecule has 1 aromatic heterocycles. The smallest absolute Gasteiger partial charge is 0.271 e. The number of hydrogen-bond acceptors (Lipinski definition) is 5. The van der Waals surface area contributed by atoms with Gasteiger partial charge in [-0.05, 0) is 43.5 Å². The zero-order valence-electron chi connectivity index (χ0n) is 17.1. The van der Waals surface area contributed by atoms with Crippen molar-refractivity contribution in [1.82, 2.24) is 4.57 Å². The van der Waals surface area contributed by atoms with E-state index in [2.05, 4.69) is 0 Å². The number of methoxy groups -OCH3 is 1. The van der Waals surface area contributed by atoms with E-state index in [0.29, 0.717) is 17.7 Å². The van der Waals surface area contributed by atoms with Gasteiger partial charge in [-0.15, -0.1) is 0 Å². The minimum Gasteiger partial charge on any atom is -0.497 e. The normalized spacial score (nSPS) is 10.5. The molecular weight excluding hydrogens is 380 g/mol. The van der Waals surface area contributed by atoms with Gasteiger partial charge < -0.3 is 9.84 Å². The van der Waals surface area contributed by atoms with E-state index in [-0.39, 0.29) is 23.2 Å². The third-order valence-corrected chi connectivity index (χ3v) is 5.12. The van der Waals surface area contributed by atoms with Crippen molar-refractivity contribution in [2.24, 2.45) is 0 Å². The number of benzene rings is 2. The summed E-state index contributed by atoms with van der Waals surface area (Å²) < 4.78 is 6.23. The van der Waals surface area contributed by atoms with Crippen LogP contribution in [0.2, 0.25) is 0 Å². The van der Waals surface area contributed by atoms with E-state index in [1.54, 1.807) is 43.5 Å². The van der Waals surface area contributed by atoms with Crippen molar-refractivity contribution in [2.45, 2.75) is 26.8 Å². The summed E-state index contributed by atoms with van der Waals surface area (Å²) in [5.41, 5.74) is 1.71. The maximum absolute atomic E-state index is 13.1. The van der Waals surface area contributed by atoms with Crippen molar-refractivity contribution in [3.63, 3.8) is 0 Å². The molecule has 0 saturated carbocycles. The first-order chi connectivity index (χ1) is 14.4. The molecule has 2 aromatic carbocycles. The van der Waals surface area contributed by atoms with E-state index in [1.807, 2.05) is 25.1 Å². The fourth-order valence-electron chi connectivity index (χ4n) is 3.31. The highest BCUT2D eigenvalue weighted by Crippen LogP contribution is 2.25. The van der Waals surface area contributed by atoms with E-state index < -0.39 is 17.2 Å². The van der Waals surface area contributed by atoms with Crippen molar-refractivity contribution < 1.29 is 14.6 Å². The van der Waals surface area contributed by atoms with Gasteiger partial charge in [-0.1, -0.05) is 42.0 Å². The minimum atomic E-state index is -0.610. The Hall–Kier alpha value is -3.85. The van der Waals surface area contributed by atoms with Crippen molar-refractivity contribution in [3.8, 4) is 17.7 Å². The Kier molecular flexibility index (Phi) is 6.03. The SMILES string of the molecule is COc1ccc(CCn2c(O)c(C(=O)c3ccc(C)cc3)c(C)c(C#N)c2=O)cc1. The molecule has 0 atom stereocenters. The Bertz CT molecular complexity index is 1180. The molecule has 1 heterocycles. The van der Waals surface area contributed by atoms with E-state index in [0.717, 1.165) is 15.7 Å². The number of ketones is 1. The quantitative estimate of drug-likeness (QED) is 0.637. The highest BCUT2D eigenvalue weighted by atomic mass is 16.5. The number of nitriles is 1. The van der Waals surface area contributed by atoms with Gasteiger partial charge in [0.25, 0.3) is 5.56 Å². The second-order valence-electron chi connectivity index (χ2n) is 7.06. The van der Waals surface area contributed by atoms with Crippen LogP contribution in [-0.4, -0.2) is 22.6 Å². The lowest BCUT2D eigenvalue weighted by atomic mass is 9.96. The largest absolute Gasteiger partial charge is 0.497 e. The van der Waals surface area contributed by atoms with Crippen LogP contribution < -0.4 is 10.3 Å². The van der Waals surface area contributed by atoms with Crippen molar-refractivity contribution in [1.29, 1.82) is 5.26 Å². The summed E-state index contributed by atoms with van der Waals surface area (Å²) in [5, 5.41) is 20.3. The molecule has 30 heavy (non-hydrogen) atoms. The Morgan fingerprint density at radius 2 is 1.73 bits per heavy atom. The minimum absolute atomic E-state index is 0.0234. The van der Waals surface area contributed by atoms with Crippen molar-refractivity contribution in [2.75, 3.05) is 7.11 Å². The van der Waals surface area contributed by atoms with Crippen molar-refractivity contribution in [3.05, 3.63) is 92.3 Å². The van der Waals surface area contributed by atoms with Crippen LogP contribution in [0.4, 0.5) is 0 Å². The van der Waals surface area contributed by atoms with Gasteiger partial charge in [-0.25, -0.2) is 0 Å². The summed E-state index contributed by atoms with van der Waals surface area (Å²) in [4.78, 5) is 25.8. The van der Waals surface area contributed by atoms with E-state index in [4.69, 9.17) is 4.74 Å². The van der Waals surface area contributed by atoms with Gasteiger partial charge in [0.1, 0.15) is 17.4 Å². The zero-order valence-corrected chi connectivity index (χ0v) is 17.1. The lowest BCUT2D eigenvalue weighted by molar-refractivity contribution is 0.103. The Balaban J connectivity index is 2.03. The molecular formula is C24H22N2O4. The summed E-state index contributed by atoms with van der Waals surface area (Å²) >= 11 is 0. The maximum atomic E-state index is 13.1. The molecule has 3 rings (SSSR count). The molecule has 0 aliphatic heterocycles. The first-order valence-corrected chi connectivity index (χ1v) is 9.48. The molecule has 3 aromatic rings. The third-order valence-electron chi connectivity index (χ3n) is 5.12. The highest BCUT2D eigenvalue weighted by molar-refractivity contribution is 6.11. The number of pyridine rings is 1. The maximum Gasteiger partial charge on any atom is 0.271 e. The number of rotatable bonds is 6. The van der Waals surface area contributed by atoms with Gasteiger partial charge in [0.2, 0.25) is 5.88 Å². The molecule has 6 heteroatoms. The fourth-order valence-corrected chi connectivity index (χ4v) is 3.31. The monoisotopic (exact) mass is 402 g/mol. The van der Waals surface area contributed by atoms with Crippen LogP contribution in [0.15, 0.2) is 53.3 Å². The topological polar surface area (TPSA) is 92.3 Å². The van der Waals surface area contributed by atoms with Crippen molar-refractivity contribution >= 4 is 5.78 Å². The van der Waals surface area contributed by atoms with Crippen LogP contribution >= 0.6 is 0 Å². The zero-order chi connectivity index (χ0) is 21.8. The second kappa shape index (κ2) is 8.66. The van der Waals surface area contributed by atoms with Gasteiger partial charge in [-0.3, -0.25) is 14.2 Å². The molecule has 0 aliphatic carbocycles. The Labute approximate surface area is 174 Å². The van der Waals surface area contributed by atoms with Gasteiger partial charge in [0.05, 0.1) is 12.7 Å². The number of carbonyl (C=O) groups is 1. The first-order valence-electron chi connectivity index (χ1n) is 9.48. The van der Waals surface area contributed by atoms with Gasteiger partial charge in [0, 0.05) is 12.1 Å². The third kappa shape index (κ3) is 3.96. The van der Waals surface area contributed by atoms with Crippen LogP contribution in [0.3, 0.4) is 0 Å². The first kappa shape index (κ1) is 20.9. The summed E-state index contributed by atoms with van der Waals surface area (Å²) in [6, 6.07) is 16.1. The predicted molar refractivity (Wildman–Crippen MR) is 113 cm³/mol. The summed E-state index contributed by atoms with van der Waals surface area (Å²) in [6.07, 6.45) is 0.434. The number of aromatic nitrogens is 1. The molecule has 0 fully saturated rings. The number of ether oxygens (including phenoxy) is 1. The molecule has 0 aliphatic rings. The van der Waals surface area contributed by atoms with Crippen LogP contribution in [0.1, 0.15) is 38.2 Å². The molecule has 6 nitrogen and oxygen atoms in total. The van der Waals surface area contributed by atoms with E-state index >= 15 is 0 Å². The molecule has 0 bridgehead atoms. The highest BCUT2D eigenvalue weighted by Gasteiger charge is 2.24. The summed E-state index contributed by atoms with van der Waals surface area (Å²) in [5.74, 6) is -0.137. The number of hydrogen-bond donors (Lipinski definition) is 1. The van der Waals surface area contributed by atoms with Gasteiger partial charge >= 0.3 is 0 Å². The predicted octanol–water partition coefficient (Wildman–Crippen LogP) is 3.52. The number of nitrogens with zero attached hydrogens (tertiary/aromatic N) is 2. The van der Waals surface area contributed by atoms with Crippen LogP contribution in [0.25, 0.3) is 0 Å². The number of aryl methyl sites for hydroxylation is 2. The molecule has 0 amide bonds. The standard InChI is InChI=1S/C24H22N2O4/c1-15-4-8-18(9-5-15)22(27)21-16(2)20(14-25)23(28)26(24(21)29)13-12-17-6-10-19(30-3)11-7-17/h4-11,29H,12-13H2,1-3H3. The Morgan fingerprint density at radius 3 is 2.30 bits per heavy atom. The lowest BCUT2D eigenvalue weighted by Gasteiger charge is -2.16. The van der Waals surface area contributed by atoms with Crippen LogP contribution in [0, 0.1) is 25.2 Å². The number of carbonyl (C=O) groups excluding carboxylic acids is 1. The molecule has 0 saturated heterocycles. The summed E-state index contributed by atoms with van der Waals surface area (Å²) in [7, 11) is 1.58. The number of aromatic hydroxyl groups is 1. The van der Waals surface area contributed by atoms with Gasteiger partial charge in [-0.2, -0.15) is 5.26 Å². The fraction of sp³-hybridized carbons (Fsp3) is 0.208. The Morgan fingerprint density at radius 1 is 1.10 bits per heavy atom. The molecule has 0 unspecified atom stereocenters. The average molecular weight is 402 g/mol. The van der Waals surface area contributed by atoms with Crippen LogP contribution in [0.5, 0.6) is 11.6 Å². The van der Waals surface area contributed by atoms with E-state index in [1.165, 1.54) is 6.92 Å². The molecule has 1 N–H and O–H groups in total. The average Bonchev–Trinajstić information content (AvgIpc) is 2.74. The molecule has 0 spiro atoms. The summed E-state index contributed by atoms with van der Waals surface area (Å²) in [6.45, 7) is 3.54. The van der Waals surface area contributed by atoms with Gasteiger partial charge in [0.15, 0.2) is 5.78 Å². The lowest BCUT2D eigenvalue weighted by Crippen LogP contribution is -2.27. The van der Waals surface area contributed by atoms with E-state index in [9.17, 15) is 20.0 Å². The van der Waals surface area contributed by atoms with Crippen LogP contribution in [-0.2, 0) is 13.0 Å².